The summed E-state index contributed by atoms with van der Waals surface area (Å²) in [5, 5.41) is 0. The monoisotopic (exact) mass is 360 g/mol. The number of rotatable bonds is 2. The molecule has 0 aromatic heterocycles. The first kappa shape index (κ1) is 18.7. The third-order valence-electron chi connectivity index (χ3n) is 4.72. The molecule has 1 atom stereocenters. The number of piperazine rings is 1. The number of nitrogens with zero attached hydrogens (tertiary/aromatic N) is 2. The van der Waals surface area contributed by atoms with Gasteiger partial charge in [-0.3, -0.25) is 4.90 Å². The van der Waals surface area contributed by atoms with E-state index in [-0.39, 0.29) is 12.1 Å². The summed E-state index contributed by atoms with van der Waals surface area (Å²) >= 11 is 0. The Morgan fingerprint density at radius 2 is 1.85 bits per heavy atom. The molecule has 1 unspecified atom stereocenters. The number of hydrogen-bond acceptors (Lipinski definition) is 5. The molecule has 2 heterocycles. The lowest BCUT2D eigenvalue weighted by Gasteiger charge is -2.41. The van der Waals surface area contributed by atoms with Crippen LogP contribution in [0.3, 0.4) is 0 Å². The fraction of sp³-hybridized carbons (Fsp3) is 0.600. The van der Waals surface area contributed by atoms with Crippen LogP contribution in [0.5, 0.6) is 0 Å². The third kappa shape index (κ3) is 4.36. The van der Waals surface area contributed by atoms with E-state index in [1.165, 1.54) is 0 Å². The molecular formula is C20H28N2O4. The summed E-state index contributed by atoms with van der Waals surface area (Å²) in [4.78, 5) is 28.5. The normalized spacial score (nSPS) is 24.0. The second-order valence-corrected chi connectivity index (χ2v) is 8.42. The Morgan fingerprint density at radius 1 is 1.19 bits per heavy atom. The summed E-state index contributed by atoms with van der Waals surface area (Å²) in [6.07, 6.45) is 0.447. The molecule has 0 N–H and O–H groups in total. The quantitative estimate of drug-likeness (QED) is 0.759. The summed E-state index contributed by atoms with van der Waals surface area (Å²) in [5.41, 5.74) is 0.684. The van der Waals surface area contributed by atoms with Crippen LogP contribution >= 0.6 is 0 Å². The van der Waals surface area contributed by atoms with Crippen molar-refractivity contribution >= 4 is 12.1 Å². The smallest absolute Gasteiger partial charge is 0.410 e. The van der Waals surface area contributed by atoms with Gasteiger partial charge in [0.25, 0.3) is 0 Å². The molecule has 0 spiro atoms. The number of carbonyl (C=O) groups is 2. The maximum Gasteiger partial charge on any atom is 0.410 e. The molecule has 6 heteroatoms. The second-order valence-electron chi connectivity index (χ2n) is 8.42. The minimum atomic E-state index is -0.542. The van der Waals surface area contributed by atoms with Crippen LogP contribution in [0.15, 0.2) is 24.3 Å². The molecule has 0 bridgehead atoms. The fourth-order valence-electron chi connectivity index (χ4n) is 3.57. The van der Waals surface area contributed by atoms with Crippen molar-refractivity contribution < 1.29 is 19.1 Å². The molecule has 1 amide bonds. The summed E-state index contributed by atoms with van der Waals surface area (Å²) in [6, 6.07) is 7.63. The molecule has 1 aromatic carbocycles. The molecule has 26 heavy (non-hydrogen) atoms. The third-order valence-corrected chi connectivity index (χ3v) is 4.72. The Bertz CT molecular complexity index is 689. The molecule has 0 saturated carbocycles. The maximum absolute atomic E-state index is 12.3. The van der Waals surface area contributed by atoms with Crippen LogP contribution in [0.4, 0.5) is 4.79 Å². The van der Waals surface area contributed by atoms with Gasteiger partial charge in [0.1, 0.15) is 11.2 Å². The number of hydrogen-bond donors (Lipinski definition) is 0. The molecule has 1 saturated heterocycles. The molecule has 1 aromatic rings. The molecule has 0 radical (unpaired) electrons. The molecule has 2 aliphatic rings. The van der Waals surface area contributed by atoms with Gasteiger partial charge >= 0.3 is 12.1 Å². The van der Waals surface area contributed by atoms with Crippen molar-refractivity contribution in [3.05, 3.63) is 35.4 Å². The lowest BCUT2D eigenvalue weighted by atomic mass is 9.89. The van der Waals surface area contributed by atoms with Gasteiger partial charge in [-0.2, -0.15) is 0 Å². The summed E-state index contributed by atoms with van der Waals surface area (Å²) < 4.78 is 11.2. The number of amides is 1. The maximum atomic E-state index is 12.3. The van der Waals surface area contributed by atoms with Crippen molar-refractivity contribution in [1.29, 1.82) is 0 Å². The Hall–Kier alpha value is -2.08. The van der Waals surface area contributed by atoms with Crippen LogP contribution in [0.2, 0.25) is 0 Å². The van der Waals surface area contributed by atoms with E-state index in [1.807, 2.05) is 52.0 Å². The molecule has 0 aliphatic carbocycles. The first-order chi connectivity index (χ1) is 12.2. The summed E-state index contributed by atoms with van der Waals surface area (Å²) in [5.74, 6) is -0.248. The average molecular weight is 360 g/mol. The summed E-state index contributed by atoms with van der Waals surface area (Å²) in [7, 11) is 0. The highest BCUT2D eigenvalue weighted by Gasteiger charge is 2.38. The van der Waals surface area contributed by atoms with Crippen LogP contribution in [0.1, 0.15) is 43.6 Å². The molecule has 142 valence electrons. The highest BCUT2D eigenvalue weighted by atomic mass is 16.6. The molecule has 1 fully saturated rings. The van der Waals surface area contributed by atoms with Gasteiger partial charge in [0.15, 0.2) is 0 Å². The number of benzene rings is 1. The zero-order chi connectivity index (χ0) is 18.9. The Morgan fingerprint density at radius 3 is 2.50 bits per heavy atom. The van der Waals surface area contributed by atoms with Gasteiger partial charge in [0, 0.05) is 39.1 Å². The van der Waals surface area contributed by atoms with Crippen molar-refractivity contribution in [3.63, 3.8) is 0 Å². The minimum absolute atomic E-state index is 0.248. The number of esters is 1. The van der Waals surface area contributed by atoms with E-state index in [2.05, 4.69) is 4.90 Å². The van der Waals surface area contributed by atoms with Gasteiger partial charge in [-0.05, 0) is 39.3 Å². The van der Waals surface area contributed by atoms with E-state index in [4.69, 9.17) is 9.47 Å². The van der Waals surface area contributed by atoms with Gasteiger partial charge in [-0.25, -0.2) is 9.59 Å². The molecule has 3 rings (SSSR count). The molecular weight excluding hydrogens is 332 g/mol. The van der Waals surface area contributed by atoms with Crippen molar-refractivity contribution in [1.82, 2.24) is 9.80 Å². The SMILES string of the molecule is CC(C)(C)OC(=O)N1CCN(CC2(C)Cc3ccccc3C(=O)O2)CC1. The van der Waals surface area contributed by atoms with E-state index in [0.717, 1.165) is 18.7 Å². The standard InChI is InChI=1S/C20H28N2O4/c1-19(2,3)26-18(24)22-11-9-21(10-12-22)14-20(4)13-15-7-5-6-8-16(15)17(23)25-20/h5-8H,9-14H2,1-4H3. The lowest BCUT2D eigenvalue weighted by Crippen LogP contribution is -2.55. The first-order valence-electron chi connectivity index (χ1n) is 9.17. The van der Waals surface area contributed by atoms with E-state index in [0.29, 0.717) is 31.6 Å². The van der Waals surface area contributed by atoms with Gasteiger partial charge in [-0.1, -0.05) is 18.2 Å². The minimum Gasteiger partial charge on any atom is -0.454 e. The van der Waals surface area contributed by atoms with Gasteiger partial charge < -0.3 is 14.4 Å². The largest absolute Gasteiger partial charge is 0.454 e. The van der Waals surface area contributed by atoms with Gasteiger partial charge in [0.05, 0.1) is 5.56 Å². The highest BCUT2D eigenvalue weighted by Crippen LogP contribution is 2.29. The van der Waals surface area contributed by atoms with Crippen molar-refractivity contribution in [3.8, 4) is 0 Å². The van der Waals surface area contributed by atoms with Crippen molar-refractivity contribution in [2.45, 2.75) is 45.3 Å². The van der Waals surface area contributed by atoms with Crippen LogP contribution < -0.4 is 0 Å². The van der Waals surface area contributed by atoms with Crippen LogP contribution in [0.25, 0.3) is 0 Å². The second kappa shape index (κ2) is 6.91. The lowest BCUT2D eigenvalue weighted by molar-refractivity contribution is -0.0388. The number of ether oxygens (including phenoxy) is 2. The highest BCUT2D eigenvalue weighted by molar-refractivity contribution is 5.92. The summed E-state index contributed by atoms with van der Waals surface area (Å²) in [6.45, 7) is 11.0. The van der Waals surface area contributed by atoms with Crippen LogP contribution in [0, 0.1) is 0 Å². The van der Waals surface area contributed by atoms with Crippen molar-refractivity contribution in [2.24, 2.45) is 0 Å². The fourth-order valence-corrected chi connectivity index (χ4v) is 3.57. The van der Waals surface area contributed by atoms with Crippen LogP contribution in [-0.4, -0.2) is 65.8 Å². The van der Waals surface area contributed by atoms with E-state index >= 15 is 0 Å². The van der Waals surface area contributed by atoms with E-state index in [1.54, 1.807) is 4.90 Å². The Kier molecular flexibility index (Phi) is 4.97. The number of carbonyl (C=O) groups excluding carboxylic acids is 2. The average Bonchev–Trinajstić information content (AvgIpc) is 2.53. The van der Waals surface area contributed by atoms with Gasteiger partial charge in [0.2, 0.25) is 0 Å². The predicted octanol–water partition coefficient (Wildman–Crippen LogP) is 2.71. The predicted molar refractivity (Wildman–Crippen MR) is 98.2 cm³/mol. The number of cyclic esters (lactones) is 1. The van der Waals surface area contributed by atoms with E-state index in [9.17, 15) is 9.59 Å². The topological polar surface area (TPSA) is 59.1 Å². The van der Waals surface area contributed by atoms with Crippen molar-refractivity contribution in [2.75, 3.05) is 32.7 Å². The zero-order valence-corrected chi connectivity index (χ0v) is 16.1. The molecule has 6 nitrogen and oxygen atoms in total. The molecule has 2 aliphatic heterocycles. The van der Waals surface area contributed by atoms with Crippen LogP contribution in [-0.2, 0) is 15.9 Å². The Labute approximate surface area is 155 Å². The first-order valence-corrected chi connectivity index (χ1v) is 9.17. The van der Waals surface area contributed by atoms with E-state index < -0.39 is 11.2 Å². The Balaban J connectivity index is 1.56. The van der Waals surface area contributed by atoms with Gasteiger partial charge in [-0.15, -0.1) is 0 Å². The number of fused-ring (bicyclic) bond motifs is 1. The zero-order valence-electron chi connectivity index (χ0n) is 16.1.